The Balaban J connectivity index is 1.75. The lowest BCUT2D eigenvalue weighted by atomic mass is 9.96. The molecular weight excluding hydrogens is 346 g/mol. The largest absolute Gasteiger partial charge is 0.342 e. The maximum atomic E-state index is 12.4. The van der Waals surface area contributed by atoms with Crippen molar-refractivity contribution < 1.29 is 14.1 Å². The molecule has 1 aliphatic heterocycles. The van der Waals surface area contributed by atoms with E-state index >= 15 is 0 Å². The van der Waals surface area contributed by atoms with E-state index in [1.54, 1.807) is 0 Å². The van der Waals surface area contributed by atoms with Crippen LogP contribution in [-0.2, 0) is 21.4 Å². The lowest BCUT2D eigenvalue weighted by Crippen LogP contribution is -2.51. The van der Waals surface area contributed by atoms with E-state index in [9.17, 15) is 9.59 Å². The molecule has 8 nitrogen and oxygen atoms in total. The Labute approximate surface area is 161 Å². The molecule has 0 spiro atoms. The number of carbonyl (C=O) groups excluding carboxylic acids is 2. The van der Waals surface area contributed by atoms with E-state index in [-0.39, 0.29) is 17.2 Å². The van der Waals surface area contributed by atoms with Crippen LogP contribution in [-0.4, -0.2) is 82.5 Å². The molecule has 27 heavy (non-hydrogen) atoms. The van der Waals surface area contributed by atoms with Crippen LogP contribution < -0.4 is 0 Å². The summed E-state index contributed by atoms with van der Waals surface area (Å²) >= 11 is 0. The van der Waals surface area contributed by atoms with Crippen LogP contribution >= 0.6 is 0 Å². The third kappa shape index (κ3) is 6.02. The molecule has 0 aliphatic carbocycles. The van der Waals surface area contributed by atoms with Gasteiger partial charge in [-0.1, -0.05) is 25.9 Å². The summed E-state index contributed by atoms with van der Waals surface area (Å²) in [5, 5.41) is 3.99. The predicted octanol–water partition coefficient (Wildman–Crippen LogP) is 1.31. The van der Waals surface area contributed by atoms with Crippen molar-refractivity contribution in [3.05, 3.63) is 11.7 Å². The van der Waals surface area contributed by atoms with Gasteiger partial charge in [0.15, 0.2) is 5.82 Å². The zero-order chi connectivity index (χ0) is 20.0. The molecule has 0 unspecified atom stereocenters. The molecule has 2 heterocycles. The lowest BCUT2D eigenvalue weighted by molar-refractivity contribution is -0.135. The fraction of sp³-hybridized carbons (Fsp3) is 0.789. The molecule has 0 aromatic carbocycles. The molecule has 1 saturated heterocycles. The van der Waals surface area contributed by atoms with Crippen molar-refractivity contribution in [1.82, 2.24) is 24.8 Å². The molecule has 1 fully saturated rings. The van der Waals surface area contributed by atoms with Gasteiger partial charge in [-0.15, -0.1) is 0 Å². The Kier molecular flexibility index (Phi) is 7.35. The van der Waals surface area contributed by atoms with Crippen LogP contribution in [0.15, 0.2) is 4.52 Å². The van der Waals surface area contributed by atoms with Crippen LogP contribution in [0.2, 0.25) is 0 Å². The summed E-state index contributed by atoms with van der Waals surface area (Å²) < 4.78 is 5.25. The Morgan fingerprint density at radius 1 is 1.11 bits per heavy atom. The number of hydrogen-bond donors (Lipinski definition) is 0. The first-order chi connectivity index (χ1) is 12.7. The molecule has 1 aromatic rings. The van der Waals surface area contributed by atoms with Crippen LogP contribution in [0.4, 0.5) is 0 Å². The molecule has 2 rings (SSSR count). The smallest absolute Gasteiger partial charge is 0.236 e. The topological polar surface area (TPSA) is 82.8 Å². The summed E-state index contributed by atoms with van der Waals surface area (Å²) in [5.74, 6) is 1.43. The minimum atomic E-state index is -0.162. The van der Waals surface area contributed by atoms with Gasteiger partial charge in [-0.2, -0.15) is 4.98 Å². The number of nitrogens with zero attached hydrogens (tertiary/aromatic N) is 5. The van der Waals surface area contributed by atoms with Crippen LogP contribution in [0.5, 0.6) is 0 Å². The molecular formula is C19H33N5O3. The van der Waals surface area contributed by atoms with Gasteiger partial charge >= 0.3 is 0 Å². The summed E-state index contributed by atoms with van der Waals surface area (Å²) in [6.45, 7) is 14.7. The number of aromatic nitrogens is 2. The second-order valence-corrected chi connectivity index (χ2v) is 7.98. The standard InChI is InChI=1S/C19H33N5O3/c1-6-23(7-2)17(26)14-22-10-12-24(13-11-22)16(25)9-8-15-20-18(21-27-15)19(3,4)5/h6-14H2,1-5H3. The first-order valence-corrected chi connectivity index (χ1v) is 9.85. The Morgan fingerprint density at radius 2 is 1.74 bits per heavy atom. The summed E-state index contributed by atoms with van der Waals surface area (Å²) in [6.07, 6.45) is 0.826. The number of likely N-dealkylation sites (N-methyl/N-ethyl adjacent to an activating group) is 1. The van der Waals surface area contributed by atoms with Crippen LogP contribution in [0, 0.1) is 0 Å². The highest BCUT2D eigenvalue weighted by atomic mass is 16.5. The van der Waals surface area contributed by atoms with Gasteiger partial charge in [0.2, 0.25) is 17.7 Å². The first kappa shape index (κ1) is 21.3. The van der Waals surface area contributed by atoms with Crippen LogP contribution in [0.25, 0.3) is 0 Å². The Hall–Kier alpha value is -1.96. The van der Waals surface area contributed by atoms with Crippen molar-refractivity contribution in [3.63, 3.8) is 0 Å². The fourth-order valence-electron chi connectivity index (χ4n) is 3.06. The minimum Gasteiger partial charge on any atom is -0.342 e. The molecule has 8 heteroatoms. The van der Waals surface area contributed by atoms with Crippen molar-refractivity contribution in [2.45, 2.75) is 52.9 Å². The highest BCUT2D eigenvalue weighted by molar-refractivity contribution is 5.78. The zero-order valence-corrected chi connectivity index (χ0v) is 17.3. The summed E-state index contributed by atoms with van der Waals surface area (Å²) in [5.41, 5.74) is -0.162. The third-order valence-electron chi connectivity index (χ3n) is 4.89. The Bertz CT molecular complexity index is 626. The van der Waals surface area contributed by atoms with Gasteiger partial charge in [0.1, 0.15) is 0 Å². The maximum Gasteiger partial charge on any atom is 0.236 e. The average molecular weight is 380 g/mol. The Morgan fingerprint density at radius 3 is 2.26 bits per heavy atom. The van der Waals surface area contributed by atoms with Gasteiger partial charge in [-0.3, -0.25) is 14.5 Å². The average Bonchev–Trinajstić information content (AvgIpc) is 3.11. The SMILES string of the molecule is CCN(CC)C(=O)CN1CCN(C(=O)CCc2nc(C(C)(C)C)no2)CC1. The second kappa shape index (κ2) is 9.30. The molecule has 1 aliphatic rings. The van der Waals surface area contributed by atoms with E-state index in [4.69, 9.17) is 4.52 Å². The first-order valence-electron chi connectivity index (χ1n) is 9.85. The van der Waals surface area contributed by atoms with Crippen molar-refractivity contribution in [1.29, 1.82) is 0 Å². The highest BCUT2D eigenvalue weighted by Gasteiger charge is 2.25. The summed E-state index contributed by atoms with van der Waals surface area (Å²) in [4.78, 5) is 34.9. The molecule has 152 valence electrons. The highest BCUT2D eigenvalue weighted by Crippen LogP contribution is 2.19. The number of amides is 2. The fourth-order valence-corrected chi connectivity index (χ4v) is 3.06. The second-order valence-electron chi connectivity index (χ2n) is 7.98. The minimum absolute atomic E-state index is 0.0974. The van der Waals surface area contributed by atoms with Crippen LogP contribution in [0.1, 0.15) is 52.8 Å². The van der Waals surface area contributed by atoms with E-state index in [0.29, 0.717) is 44.2 Å². The van der Waals surface area contributed by atoms with Gasteiger partial charge in [-0.05, 0) is 13.8 Å². The molecule has 0 saturated carbocycles. The number of hydrogen-bond acceptors (Lipinski definition) is 6. The number of piperazine rings is 1. The monoisotopic (exact) mass is 379 g/mol. The van der Waals surface area contributed by atoms with E-state index in [2.05, 4.69) is 15.0 Å². The third-order valence-corrected chi connectivity index (χ3v) is 4.89. The molecule has 0 radical (unpaired) electrons. The summed E-state index contributed by atoms with van der Waals surface area (Å²) in [7, 11) is 0. The molecule has 0 bridgehead atoms. The quantitative estimate of drug-likeness (QED) is 0.710. The molecule has 2 amide bonds. The van der Waals surface area contributed by atoms with E-state index < -0.39 is 0 Å². The maximum absolute atomic E-state index is 12.4. The van der Waals surface area contributed by atoms with Crippen molar-refractivity contribution in [2.75, 3.05) is 45.8 Å². The van der Waals surface area contributed by atoms with Gasteiger partial charge in [0.05, 0.1) is 6.54 Å². The van der Waals surface area contributed by atoms with Gasteiger partial charge in [0, 0.05) is 57.5 Å². The molecule has 0 atom stereocenters. The van der Waals surface area contributed by atoms with E-state index in [1.165, 1.54) is 0 Å². The predicted molar refractivity (Wildman–Crippen MR) is 102 cm³/mol. The van der Waals surface area contributed by atoms with Crippen molar-refractivity contribution >= 4 is 11.8 Å². The van der Waals surface area contributed by atoms with E-state index in [0.717, 1.165) is 26.2 Å². The normalized spacial score (nSPS) is 15.8. The lowest BCUT2D eigenvalue weighted by Gasteiger charge is -2.35. The zero-order valence-electron chi connectivity index (χ0n) is 17.3. The van der Waals surface area contributed by atoms with Gasteiger partial charge in [0.25, 0.3) is 0 Å². The molecule has 0 N–H and O–H groups in total. The van der Waals surface area contributed by atoms with Gasteiger partial charge in [-0.25, -0.2) is 0 Å². The summed E-state index contributed by atoms with van der Waals surface area (Å²) in [6, 6.07) is 0. The van der Waals surface area contributed by atoms with Crippen molar-refractivity contribution in [2.24, 2.45) is 0 Å². The number of rotatable bonds is 7. The van der Waals surface area contributed by atoms with E-state index in [1.807, 2.05) is 44.4 Å². The van der Waals surface area contributed by atoms with Crippen molar-refractivity contribution in [3.8, 4) is 0 Å². The molecule has 1 aromatic heterocycles. The van der Waals surface area contributed by atoms with Crippen LogP contribution in [0.3, 0.4) is 0 Å². The number of aryl methyl sites for hydroxylation is 1. The number of carbonyl (C=O) groups is 2. The van der Waals surface area contributed by atoms with Gasteiger partial charge < -0.3 is 14.3 Å².